The molecule has 0 saturated heterocycles. The Morgan fingerprint density at radius 2 is 0.357 bits per heavy atom. The van der Waals surface area contributed by atoms with E-state index in [2.05, 4.69) is 55.4 Å². The largest absolute Gasteiger partial charge is 2.00 e. The first kappa shape index (κ1) is 58.5. The van der Waals surface area contributed by atoms with Crippen LogP contribution in [0, 0.1) is 0 Å². The third-order valence-corrected chi connectivity index (χ3v) is 37.0. The van der Waals surface area contributed by atoms with E-state index in [1.54, 1.807) is 0 Å². The Labute approximate surface area is 310 Å². The molecule has 0 aliphatic carbocycles. The molecule has 0 aromatic carbocycles. The molecule has 0 spiro atoms. The van der Waals surface area contributed by atoms with E-state index in [9.17, 15) is 0 Å². The number of unbranched alkanes of at least 4 members (excludes halogenated alkanes) is 8. The maximum Gasteiger partial charge on any atom is -2.00 e. The van der Waals surface area contributed by atoms with Crippen molar-refractivity contribution in [2.24, 2.45) is 0 Å². The SMILES string of the molecule is CCC[CH2][Sn+]([Cl])[CH2]CCC.CCC[CH2][Sn+]([Cl])[CH2]CCC.CCC[CH2][Sn+]([Cl])[CH2]CCC.CCC[CH2][Sn+]([Cl])[CH2]CCC.[O-2].[O-2]. The number of hydrogen-bond acceptors (Lipinski definition) is 0. The van der Waals surface area contributed by atoms with Gasteiger partial charge >= 0.3 is 304 Å². The number of rotatable bonds is 24. The molecule has 0 amide bonds. The summed E-state index contributed by atoms with van der Waals surface area (Å²) in [5.41, 5.74) is 0. The van der Waals surface area contributed by atoms with E-state index in [1.807, 2.05) is 0 Å². The van der Waals surface area contributed by atoms with Gasteiger partial charge in [-0.1, -0.05) is 0 Å². The third kappa shape index (κ3) is 63.0. The molecule has 0 aliphatic heterocycles. The average Bonchev–Trinajstić information content (AvgIpc) is 2.97. The predicted octanol–water partition coefficient (Wildman–Crippen LogP) is 15.0. The maximum atomic E-state index is 6.24. The first-order chi connectivity index (χ1) is 19.2. The van der Waals surface area contributed by atoms with Crippen LogP contribution in [0.1, 0.15) is 158 Å². The van der Waals surface area contributed by atoms with Gasteiger partial charge in [-0.25, -0.2) is 0 Å². The summed E-state index contributed by atoms with van der Waals surface area (Å²) in [5, 5.41) is 0. The monoisotopic (exact) mass is 1110 g/mol. The molecule has 42 heavy (non-hydrogen) atoms. The second kappa shape index (κ2) is 54.7. The Kier molecular flexibility index (Phi) is 76.2. The molecule has 256 valence electrons. The van der Waals surface area contributed by atoms with Crippen LogP contribution in [0.15, 0.2) is 0 Å². The van der Waals surface area contributed by atoms with Crippen molar-refractivity contribution in [3.05, 3.63) is 0 Å². The van der Waals surface area contributed by atoms with Gasteiger partial charge in [0.25, 0.3) is 0 Å². The molecule has 0 unspecified atom stereocenters. The van der Waals surface area contributed by atoms with E-state index in [0.29, 0.717) is 0 Å². The van der Waals surface area contributed by atoms with Crippen LogP contribution in [0.2, 0.25) is 35.5 Å². The Hall–Kier alpha value is 4.27. The average molecular weight is 1110 g/mol. The summed E-state index contributed by atoms with van der Waals surface area (Å²) in [5.74, 6) is 0. The minimum atomic E-state index is -1.27. The van der Waals surface area contributed by atoms with E-state index in [0.717, 1.165) is 0 Å². The van der Waals surface area contributed by atoms with Crippen molar-refractivity contribution in [2.75, 3.05) is 0 Å². The van der Waals surface area contributed by atoms with Gasteiger partial charge in [0.1, 0.15) is 0 Å². The molecule has 0 bridgehead atoms. The molecule has 0 aromatic heterocycles. The molecule has 2 nitrogen and oxygen atoms in total. The van der Waals surface area contributed by atoms with Crippen LogP contribution < -0.4 is 0 Å². The van der Waals surface area contributed by atoms with Gasteiger partial charge in [-0.15, -0.1) is 0 Å². The number of halogens is 4. The first-order valence-corrected chi connectivity index (χ1v) is 47.8. The molecule has 0 aromatic rings. The standard InChI is InChI=1S/8C4H9.4ClH.2O.4Sn/c8*1-3-4-2;;;;;;;;;;/h8*1,3-4H2,2H3;4*1H;;;;;;/q;;;;;;;;;;;;2*-2;4*+2/p-4. The molecular weight excluding hydrogens is 1030 g/mol. The summed E-state index contributed by atoms with van der Waals surface area (Å²) in [7, 11) is 24.9. The van der Waals surface area contributed by atoms with Crippen LogP contribution in [0.25, 0.3) is 0 Å². The van der Waals surface area contributed by atoms with Crippen molar-refractivity contribution in [2.45, 2.75) is 194 Å². The van der Waals surface area contributed by atoms with Crippen molar-refractivity contribution in [1.29, 1.82) is 0 Å². The van der Waals surface area contributed by atoms with Gasteiger partial charge in [0.15, 0.2) is 0 Å². The van der Waals surface area contributed by atoms with Crippen molar-refractivity contribution in [1.82, 2.24) is 0 Å². The topological polar surface area (TPSA) is 57.0 Å². The Morgan fingerprint density at radius 3 is 0.429 bits per heavy atom. The zero-order chi connectivity index (χ0) is 31.3. The van der Waals surface area contributed by atoms with Gasteiger partial charge in [-0.05, 0) is 0 Å². The molecular formula is C32H72Cl4O2Sn4. The van der Waals surface area contributed by atoms with Crippen LogP contribution in [0.3, 0.4) is 0 Å². The molecule has 10 heteroatoms. The van der Waals surface area contributed by atoms with Gasteiger partial charge < -0.3 is 11.0 Å². The van der Waals surface area contributed by atoms with Gasteiger partial charge in [-0.3, -0.25) is 0 Å². The second-order valence-corrected chi connectivity index (χ2v) is 48.5. The fourth-order valence-electron chi connectivity index (χ4n) is 3.45. The Morgan fingerprint density at radius 1 is 0.262 bits per heavy atom. The molecule has 0 fully saturated rings. The van der Waals surface area contributed by atoms with Gasteiger partial charge in [0.05, 0.1) is 0 Å². The molecule has 0 rings (SSSR count). The molecule has 0 heterocycles. The second-order valence-electron chi connectivity index (χ2n) is 10.9. The van der Waals surface area contributed by atoms with Gasteiger partial charge in [0.2, 0.25) is 0 Å². The van der Waals surface area contributed by atoms with E-state index in [1.165, 1.54) is 138 Å². The summed E-state index contributed by atoms with van der Waals surface area (Å²) < 4.78 is 11.2. The normalized spacial score (nSPS) is 9.43. The van der Waals surface area contributed by atoms with Crippen LogP contribution >= 0.6 is 35.7 Å². The summed E-state index contributed by atoms with van der Waals surface area (Å²) in [6.45, 7) is 17.9. The summed E-state index contributed by atoms with van der Waals surface area (Å²) in [4.78, 5) is 0. The Balaban J connectivity index is -0.000000101. The third-order valence-electron chi connectivity index (χ3n) is 6.41. The zero-order valence-electron chi connectivity index (χ0n) is 29.3. The van der Waals surface area contributed by atoms with E-state index in [-0.39, 0.29) is 11.0 Å². The van der Waals surface area contributed by atoms with Crippen LogP contribution in [0.4, 0.5) is 0 Å². The van der Waals surface area contributed by atoms with E-state index < -0.39 is 74.5 Å². The summed E-state index contributed by atoms with van der Waals surface area (Å²) in [6, 6.07) is 0. The Bertz CT molecular complexity index is 317. The number of hydrogen-bond donors (Lipinski definition) is 0. The first-order valence-electron chi connectivity index (χ1n) is 17.2. The van der Waals surface area contributed by atoms with Gasteiger partial charge in [-0.2, -0.15) is 0 Å². The maximum absolute atomic E-state index is 6.24. The molecule has 0 radical (unpaired) electrons. The van der Waals surface area contributed by atoms with Crippen LogP contribution in [-0.2, 0) is 11.0 Å². The quantitative estimate of drug-likeness (QED) is 0.0865. The van der Waals surface area contributed by atoms with Crippen molar-refractivity contribution < 1.29 is 11.0 Å². The minimum absolute atomic E-state index is 0. The van der Waals surface area contributed by atoms with Gasteiger partial charge in [0, 0.05) is 0 Å². The molecule has 0 N–H and O–H groups in total. The van der Waals surface area contributed by atoms with Crippen molar-refractivity contribution in [3.8, 4) is 0 Å². The smallest absolute Gasteiger partial charge is 2.00 e. The van der Waals surface area contributed by atoms with Crippen LogP contribution in [-0.4, -0.2) is 74.5 Å². The molecule has 0 atom stereocenters. The zero-order valence-corrected chi connectivity index (χ0v) is 43.7. The molecule has 0 aliphatic rings. The van der Waals surface area contributed by atoms with E-state index in [4.69, 9.17) is 35.7 Å². The van der Waals surface area contributed by atoms with E-state index >= 15 is 0 Å². The predicted molar refractivity (Wildman–Crippen MR) is 206 cm³/mol. The summed E-state index contributed by atoms with van der Waals surface area (Å²) in [6.07, 6.45) is 21.6. The van der Waals surface area contributed by atoms with Crippen LogP contribution in [0.5, 0.6) is 0 Å². The minimum Gasteiger partial charge on any atom is -2.00 e. The molecule has 0 saturated carbocycles. The van der Waals surface area contributed by atoms with Crippen molar-refractivity contribution >= 4 is 110 Å². The summed E-state index contributed by atoms with van der Waals surface area (Å²) >= 11 is -5.07. The fourth-order valence-corrected chi connectivity index (χ4v) is 30.3. The fraction of sp³-hybridized carbons (Fsp3) is 1.00. The van der Waals surface area contributed by atoms with Crippen molar-refractivity contribution in [3.63, 3.8) is 0 Å².